The van der Waals surface area contributed by atoms with Crippen LogP contribution in [0, 0.1) is 11.3 Å². The number of anilines is 1. The highest BCUT2D eigenvalue weighted by atomic mass is 79.9. The van der Waals surface area contributed by atoms with E-state index in [0.29, 0.717) is 18.2 Å². The standard InChI is InChI=1S/C14H11BrClN3O/c15-9-5-11-13(1-2-18-14(11)12(16)6-9)19-3-4-20-10(7-17)8-19/h1-2,5-6,10H,3-4,8H2. The van der Waals surface area contributed by atoms with Crippen molar-refractivity contribution in [2.24, 2.45) is 0 Å². The highest BCUT2D eigenvalue weighted by Gasteiger charge is 2.22. The van der Waals surface area contributed by atoms with E-state index in [1.807, 2.05) is 18.2 Å². The zero-order valence-corrected chi connectivity index (χ0v) is 12.9. The van der Waals surface area contributed by atoms with Crippen LogP contribution >= 0.6 is 27.5 Å². The molecule has 0 N–H and O–H groups in total. The molecule has 1 aromatic carbocycles. The van der Waals surface area contributed by atoms with Gasteiger partial charge in [-0.3, -0.25) is 4.98 Å². The normalized spacial score (nSPS) is 19.1. The maximum absolute atomic E-state index is 9.01. The fourth-order valence-corrected chi connectivity index (χ4v) is 3.24. The first-order chi connectivity index (χ1) is 9.69. The Bertz CT molecular complexity index is 701. The van der Waals surface area contributed by atoms with Gasteiger partial charge in [-0.25, -0.2) is 0 Å². The molecule has 20 heavy (non-hydrogen) atoms. The summed E-state index contributed by atoms with van der Waals surface area (Å²) in [5.41, 5.74) is 1.80. The lowest BCUT2D eigenvalue weighted by atomic mass is 10.1. The Morgan fingerprint density at radius 2 is 2.35 bits per heavy atom. The maximum atomic E-state index is 9.01. The third-order valence-corrected chi connectivity index (χ3v) is 4.04. The fraction of sp³-hybridized carbons (Fsp3) is 0.286. The average Bonchev–Trinajstić information content (AvgIpc) is 2.46. The molecule has 2 aromatic rings. The van der Waals surface area contributed by atoms with E-state index in [2.05, 4.69) is 31.9 Å². The molecule has 1 unspecified atom stereocenters. The van der Waals surface area contributed by atoms with E-state index in [1.165, 1.54) is 0 Å². The van der Waals surface area contributed by atoms with Crippen molar-refractivity contribution < 1.29 is 4.74 Å². The molecule has 0 spiro atoms. The van der Waals surface area contributed by atoms with E-state index in [9.17, 15) is 0 Å². The van der Waals surface area contributed by atoms with Gasteiger partial charge in [0.15, 0.2) is 6.10 Å². The lowest BCUT2D eigenvalue weighted by Gasteiger charge is -2.32. The van der Waals surface area contributed by atoms with Crippen molar-refractivity contribution >= 4 is 44.1 Å². The van der Waals surface area contributed by atoms with Crippen molar-refractivity contribution in [3.05, 3.63) is 33.9 Å². The van der Waals surface area contributed by atoms with Gasteiger partial charge in [0, 0.05) is 28.3 Å². The van der Waals surface area contributed by atoms with Crippen molar-refractivity contribution in [2.45, 2.75) is 6.10 Å². The van der Waals surface area contributed by atoms with Crippen LogP contribution in [0.4, 0.5) is 5.69 Å². The third kappa shape index (κ3) is 2.47. The predicted octanol–water partition coefficient (Wildman–Crippen LogP) is 3.38. The van der Waals surface area contributed by atoms with Crippen molar-refractivity contribution in [1.29, 1.82) is 5.26 Å². The number of benzene rings is 1. The minimum absolute atomic E-state index is 0.394. The number of pyridine rings is 1. The summed E-state index contributed by atoms with van der Waals surface area (Å²) in [6.07, 6.45) is 1.35. The summed E-state index contributed by atoms with van der Waals surface area (Å²) in [6.45, 7) is 1.85. The van der Waals surface area contributed by atoms with E-state index < -0.39 is 6.10 Å². The molecule has 4 nitrogen and oxygen atoms in total. The Morgan fingerprint density at radius 1 is 1.50 bits per heavy atom. The molecule has 6 heteroatoms. The number of fused-ring (bicyclic) bond motifs is 1. The van der Waals surface area contributed by atoms with Gasteiger partial charge in [-0.2, -0.15) is 5.26 Å². The molecular formula is C14H11BrClN3O. The lowest BCUT2D eigenvalue weighted by molar-refractivity contribution is 0.0765. The second-order valence-electron chi connectivity index (χ2n) is 4.55. The molecule has 1 fully saturated rings. The van der Waals surface area contributed by atoms with Crippen LogP contribution in [0.1, 0.15) is 0 Å². The Labute approximate surface area is 130 Å². The number of nitriles is 1. The number of ether oxygens (including phenoxy) is 1. The molecule has 1 aliphatic heterocycles. The molecule has 0 aliphatic carbocycles. The smallest absolute Gasteiger partial charge is 0.161 e. The predicted molar refractivity (Wildman–Crippen MR) is 82.0 cm³/mol. The number of aromatic nitrogens is 1. The second kappa shape index (κ2) is 5.57. The quantitative estimate of drug-likeness (QED) is 0.789. The second-order valence-corrected chi connectivity index (χ2v) is 5.87. The van der Waals surface area contributed by atoms with Gasteiger partial charge in [-0.05, 0) is 18.2 Å². The lowest BCUT2D eigenvalue weighted by Crippen LogP contribution is -2.41. The first-order valence-electron chi connectivity index (χ1n) is 6.19. The van der Waals surface area contributed by atoms with Gasteiger partial charge in [0.05, 0.1) is 29.8 Å². The van der Waals surface area contributed by atoms with E-state index in [-0.39, 0.29) is 0 Å². The number of halogens is 2. The van der Waals surface area contributed by atoms with Crippen LogP contribution in [-0.2, 0) is 4.74 Å². The van der Waals surface area contributed by atoms with Crippen LogP contribution in [0.25, 0.3) is 10.9 Å². The summed E-state index contributed by atoms with van der Waals surface area (Å²) in [7, 11) is 0. The molecule has 1 saturated heterocycles. The van der Waals surface area contributed by atoms with Crippen LogP contribution in [0.3, 0.4) is 0 Å². The fourth-order valence-electron chi connectivity index (χ4n) is 2.39. The number of hydrogen-bond donors (Lipinski definition) is 0. The Balaban J connectivity index is 2.10. The van der Waals surface area contributed by atoms with Crippen LogP contribution in [0.5, 0.6) is 0 Å². The minimum atomic E-state index is -0.394. The van der Waals surface area contributed by atoms with Crippen molar-refractivity contribution in [3.8, 4) is 6.07 Å². The summed E-state index contributed by atoms with van der Waals surface area (Å²) in [6, 6.07) is 7.94. The van der Waals surface area contributed by atoms with Gasteiger partial charge in [0.2, 0.25) is 0 Å². The molecule has 1 aliphatic rings. The summed E-state index contributed by atoms with van der Waals surface area (Å²) < 4.78 is 6.30. The molecule has 0 saturated carbocycles. The molecular weight excluding hydrogens is 342 g/mol. The largest absolute Gasteiger partial charge is 0.365 e. The van der Waals surface area contributed by atoms with E-state index in [0.717, 1.165) is 27.6 Å². The summed E-state index contributed by atoms with van der Waals surface area (Å²) in [5, 5.41) is 10.6. The van der Waals surface area contributed by atoms with Gasteiger partial charge in [0.25, 0.3) is 0 Å². The Kier molecular flexibility index (Phi) is 3.79. The molecule has 0 radical (unpaired) electrons. The zero-order valence-electron chi connectivity index (χ0n) is 10.5. The van der Waals surface area contributed by atoms with Gasteiger partial charge in [0.1, 0.15) is 0 Å². The van der Waals surface area contributed by atoms with Crippen LogP contribution in [0.2, 0.25) is 5.02 Å². The maximum Gasteiger partial charge on any atom is 0.161 e. The van der Waals surface area contributed by atoms with Gasteiger partial charge >= 0.3 is 0 Å². The molecule has 1 atom stereocenters. The molecule has 1 aromatic heterocycles. The van der Waals surface area contributed by atoms with E-state index in [1.54, 1.807) is 6.20 Å². The minimum Gasteiger partial charge on any atom is -0.365 e. The van der Waals surface area contributed by atoms with Crippen LogP contribution in [-0.4, -0.2) is 30.8 Å². The summed E-state index contributed by atoms with van der Waals surface area (Å²) >= 11 is 9.70. The van der Waals surface area contributed by atoms with Crippen LogP contribution in [0.15, 0.2) is 28.9 Å². The van der Waals surface area contributed by atoms with Crippen molar-refractivity contribution in [1.82, 2.24) is 4.98 Å². The molecule has 0 bridgehead atoms. The summed E-state index contributed by atoms with van der Waals surface area (Å²) in [4.78, 5) is 6.48. The summed E-state index contributed by atoms with van der Waals surface area (Å²) in [5.74, 6) is 0. The Morgan fingerprint density at radius 3 is 3.15 bits per heavy atom. The van der Waals surface area contributed by atoms with E-state index >= 15 is 0 Å². The first-order valence-corrected chi connectivity index (χ1v) is 7.36. The van der Waals surface area contributed by atoms with Gasteiger partial charge in [-0.15, -0.1) is 0 Å². The molecule has 102 valence electrons. The van der Waals surface area contributed by atoms with Gasteiger partial charge < -0.3 is 9.64 Å². The van der Waals surface area contributed by atoms with Gasteiger partial charge in [-0.1, -0.05) is 27.5 Å². The average molecular weight is 353 g/mol. The van der Waals surface area contributed by atoms with E-state index in [4.69, 9.17) is 21.6 Å². The highest BCUT2D eigenvalue weighted by Crippen LogP contribution is 2.33. The Hall–Kier alpha value is -1.35. The molecule has 0 amide bonds. The highest BCUT2D eigenvalue weighted by molar-refractivity contribution is 9.10. The van der Waals surface area contributed by atoms with Crippen molar-refractivity contribution in [2.75, 3.05) is 24.6 Å². The number of morpholine rings is 1. The number of nitrogens with zero attached hydrogens (tertiary/aromatic N) is 3. The topological polar surface area (TPSA) is 49.2 Å². The number of rotatable bonds is 1. The third-order valence-electron chi connectivity index (χ3n) is 3.29. The first kappa shape index (κ1) is 13.6. The zero-order chi connectivity index (χ0) is 14.1. The number of hydrogen-bond acceptors (Lipinski definition) is 4. The molecule has 3 rings (SSSR count). The SMILES string of the molecule is N#CC1CN(c2ccnc3c(Cl)cc(Br)cc23)CCO1. The van der Waals surface area contributed by atoms with Crippen LogP contribution < -0.4 is 4.90 Å². The van der Waals surface area contributed by atoms with Crippen molar-refractivity contribution in [3.63, 3.8) is 0 Å². The molecule has 2 heterocycles. The monoisotopic (exact) mass is 351 g/mol.